The average molecular weight is 156 g/mol. The van der Waals surface area contributed by atoms with Crippen LogP contribution >= 0.6 is 0 Å². The van der Waals surface area contributed by atoms with Crippen molar-refractivity contribution >= 4 is 0 Å². The molecule has 2 heterocycles. The summed E-state index contributed by atoms with van der Waals surface area (Å²) in [5.74, 6) is 0.943. The topological polar surface area (TPSA) is 24.1 Å². The first-order valence-corrected chi connectivity index (χ1v) is 4.91. The van der Waals surface area contributed by atoms with E-state index < -0.39 is 0 Å². The summed E-state index contributed by atoms with van der Waals surface area (Å²) in [5.41, 5.74) is 0. The molecule has 2 unspecified atom stereocenters. The number of rotatable bonds is 0. The van der Waals surface area contributed by atoms with Gasteiger partial charge in [-0.3, -0.25) is 0 Å². The zero-order valence-electron chi connectivity index (χ0n) is 7.69. The molecule has 0 aliphatic carbocycles. The Kier molecular flexibility index (Phi) is 3.87. The van der Waals surface area contributed by atoms with E-state index in [0.717, 1.165) is 12.0 Å². The fourth-order valence-corrected chi connectivity index (χ4v) is 1.95. The van der Waals surface area contributed by atoms with Gasteiger partial charge in [-0.25, -0.2) is 0 Å². The lowest BCUT2D eigenvalue weighted by molar-refractivity contribution is 0.344. The first-order valence-electron chi connectivity index (χ1n) is 4.91. The van der Waals surface area contributed by atoms with Crippen molar-refractivity contribution in [2.75, 3.05) is 19.6 Å². The van der Waals surface area contributed by atoms with Crippen LogP contribution in [0.15, 0.2) is 0 Å². The molecule has 0 saturated carbocycles. The molecule has 0 bridgehead atoms. The maximum absolute atomic E-state index is 3.52. The summed E-state index contributed by atoms with van der Waals surface area (Å²) in [6, 6.07) is 0.853. The van der Waals surface area contributed by atoms with E-state index >= 15 is 0 Å². The highest BCUT2D eigenvalue weighted by Crippen LogP contribution is 2.19. The van der Waals surface area contributed by atoms with E-state index in [4.69, 9.17) is 0 Å². The van der Waals surface area contributed by atoms with E-state index in [1.807, 2.05) is 13.8 Å². The second-order valence-electron chi connectivity index (χ2n) is 3.10. The van der Waals surface area contributed by atoms with E-state index in [1.165, 1.54) is 32.5 Å². The van der Waals surface area contributed by atoms with Crippen molar-refractivity contribution in [2.24, 2.45) is 5.92 Å². The first-order chi connectivity index (χ1) is 5.47. The lowest BCUT2D eigenvalue weighted by Crippen LogP contribution is -2.41. The molecule has 2 N–H and O–H groups in total. The van der Waals surface area contributed by atoms with Crippen molar-refractivity contribution in [1.29, 1.82) is 0 Å². The predicted molar refractivity (Wildman–Crippen MR) is 48.7 cm³/mol. The predicted octanol–water partition coefficient (Wildman–Crippen LogP) is 0.984. The third-order valence-electron chi connectivity index (χ3n) is 2.53. The SMILES string of the molecule is C1CC2NCCC2CN1.CC. The third-order valence-corrected chi connectivity index (χ3v) is 2.53. The average Bonchev–Trinajstić information content (AvgIpc) is 2.55. The normalized spacial score (nSPS) is 35.5. The molecule has 0 aromatic heterocycles. The molecule has 2 saturated heterocycles. The fraction of sp³-hybridized carbons (Fsp3) is 1.00. The van der Waals surface area contributed by atoms with E-state index in [0.29, 0.717) is 0 Å². The number of fused-ring (bicyclic) bond motifs is 1. The van der Waals surface area contributed by atoms with Crippen LogP contribution in [0.4, 0.5) is 0 Å². The molecule has 2 aliphatic heterocycles. The molecule has 0 spiro atoms. The molecular formula is C9H20N2. The van der Waals surface area contributed by atoms with Crippen molar-refractivity contribution in [3.05, 3.63) is 0 Å². The van der Waals surface area contributed by atoms with E-state index in [-0.39, 0.29) is 0 Å². The molecule has 2 heteroatoms. The van der Waals surface area contributed by atoms with Crippen molar-refractivity contribution in [3.63, 3.8) is 0 Å². The van der Waals surface area contributed by atoms with Gasteiger partial charge in [-0.1, -0.05) is 13.8 Å². The lowest BCUT2D eigenvalue weighted by atomic mass is 9.95. The summed E-state index contributed by atoms with van der Waals surface area (Å²) in [5, 5.41) is 6.93. The smallest absolute Gasteiger partial charge is 0.0120 e. The van der Waals surface area contributed by atoms with Crippen LogP contribution in [0.1, 0.15) is 26.7 Å². The summed E-state index contributed by atoms with van der Waals surface area (Å²) in [4.78, 5) is 0. The molecule has 66 valence electrons. The van der Waals surface area contributed by atoms with Gasteiger partial charge in [-0.05, 0) is 38.4 Å². The number of hydrogen-bond acceptors (Lipinski definition) is 2. The minimum absolute atomic E-state index is 0.853. The zero-order chi connectivity index (χ0) is 8.10. The van der Waals surface area contributed by atoms with Crippen molar-refractivity contribution < 1.29 is 0 Å². The summed E-state index contributed by atoms with van der Waals surface area (Å²) in [6.45, 7) is 7.71. The summed E-state index contributed by atoms with van der Waals surface area (Å²) in [6.07, 6.45) is 2.72. The molecule has 2 nitrogen and oxygen atoms in total. The monoisotopic (exact) mass is 156 g/mol. The van der Waals surface area contributed by atoms with Gasteiger partial charge in [0.1, 0.15) is 0 Å². The maximum Gasteiger partial charge on any atom is 0.0120 e. The molecule has 11 heavy (non-hydrogen) atoms. The van der Waals surface area contributed by atoms with Gasteiger partial charge in [0, 0.05) is 6.04 Å². The van der Waals surface area contributed by atoms with Gasteiger partial charge in [-0.15, -0.1) is 0 Å². The maximum atomic E-state index is 3.52. The van der Waals surface area contributed by atoms with Crippen LogP contribution in [0, 0.1) is 5.92 Å². The molecular weight excluding hydrogens is 136 g/mol. The Bertz CT molecular complexity index is 91.7. The number of hydrogen-bond donors (Lipinski definition) is 2. The Balaban J connectivity index is 0.000000281. The van der Waals surface area contributed by atoms with Crippen LogP contribution in [0.25, 0.3) is 0 Å². The van der Waals surface area contributed by atoms with Crippen LogP contribution < -0.4 is 10.6 Å². The van der Waals surface area contributed by atoms with Crippen LogP contribution in [0.2, 0.25) is 0 Å². The quantitative estimate of drug-likeness (QED) is 0.546. The molecule has 2 rings (SSSR count). The van der Waals surface area contributed by atoms with Crippen LogP contribution in [0.5, 0.6) is 0 Å². The van der Waals surface area contributed by atoms with Gasteiger partial charge in [0.25, 0.3) is 0 Å². The van der Waals surface area contributed by atoms with Gasteiger partial charge < -0.3 is 10.6 Å². The van der Waals surface area contributed by atoms with Gasteiger partial charge in [0.15, 0.2) is 0 Å². The van der Waals surface area contributed by atoms with Crippen molar-refractivity contribution in [3.8, 4) is 0 Å². The second kappa shape index (κ2) is 4.73. The molecule has 0 aromatic rings. The zero-order valence-corrected chi connectivity index (χ0v) is 7.69. The van der Waals surface area contributed by atoms with E-state index in [1.54, 1.807) is 0 Å². The molecule has 2 aliphatic rings. The van der Waals surface area contributed by atoms with Crippen LogP contribution in [-0.2, 0) is 0 Å². The Morgan fingerprint density at radius 3 is 2.64 bits per heavy atom. The third kappa shape index (κ3) is 2.17. The summed E-state index contributed by atoms with van der Waals surface area (Å²) >= 11 is 0. The van der Waals surface area contributed by atoms with Gasteiger partial charge in [0.2, 0.25) is 0 Å². The van der Waals surface area contributed by atoms with Crippen molar-refractivity contribution in [1.82, 2.24) is 10.6 Å². The lowest BCUT2D eigenvalue weighted by Gasteiger charge is -2.25. The summed E-state index contributed by atoms with van der Waals surface area (Å²) < 4.78 is 0. The molecule has 0 radical (unpaired) electrons. The van der Waals surface area contributed by atoms with Crippen LogP contribution in [0.3, 0.4) is 0 Å². The highest BCUT2D eigenvalue weighted by molar-refractivity contribution is 4.88. The highest BCUT2D eigenvalue weighted by Gasteiger charge is 2.28. The molecule has 2 fully saturated rings. The fourth-order valence-electron chi connectivity index (χ4n) is 1.95. The first kappa shape index (κ1) is 9.01. The van der Waals surface area contributed by atoms with Gasteiger partial charge >= 0.3 is 0 Å². The van der Waals surface area contributed by atoms with E-state index in [2.05, 4.69) is 10.6 Å². The molecule has 2 atom stereocenters. The Hall–Kier alpha value is -0.0800. The molecule has 0 aromatic carbocycles. The number of nitrogens with one attached hydrogen (secondary N) is 2. The summed E-state index contributed by atoms with van der Waals surface area (Å²) in [7, 11) is 0. The Labute approximate surface area is 69.8 Å². The second-order valence-corrected chi connectivity index (χ2v) is 3.10. The largest absolute Gasteiger partial charge is 0.316 e. The standard InChI is InChI=1S/C7H14N2.C2H6/c1-4-9-7-2-3-8-5-6(1)7;1-2/h6-9H,1-5H2;1-2H3. The number of piperidine rings is 1. The minimum atomic E-state index is 0.853. The Morgan fingerprint density at radius 1 is 1.09 bits per heavy atom. The van der Waals surface area contributed by atoms with Gasteiger partial charge in [0.05, 0.1) is 0 Å². The highest BCUT2D eigenvalue weighted by atomic mass is 15.0. The molecule has 0 amide bonds. The minimum Gasteiger partial charge on any atom is -0.316 e. The Morgan fingerprint density at radius 2 is 1.91 bits per heavy atom. The van der Waals surface area contributed by atoms with Crippen LogP contribution in [-0.4, -0.2) is 25.7 Å². The van der Waals surface area contributed by atoms with Gasteiger partial charge in [-0.2, -0.15) is 0 Å². The van der Waals surface area contributed by atoms with E-state index in [9.17, 15) is 0 Å². The van der Waals surface area contributed by atoms with Crippen molar-refractivity contribution in [2.45, 2.75) is 32.7 Å².